The largest absolute Gasteiger partial charge is 0.451 e. The minimum Gasteiger partial charge on any atom is -0.451 e. The van der Waals surface area contributed by atoms with E-state index in [4.69, 9.17) is 28.2 Å². The number of thiocarbonyl (C=S) groups is 1. The van der Waals surface area contributed by atoms with Crippen LogP contribution in [0.1, 0.15) is 34.5 Å². The van der Waals surface area contributed by atoms with E-state index in [1.807, 2.05) is 24.0 Å². The van der Waals surface area contributed by atoms with Gasteiger partial charge in [0.15, 0.2) is 10.9 Å². The highest BCUT2D eigenvalue weighted by Gasteiger charge is 2.32. The van der Waals surface area contributed by atoms with Gasteiger partial charge in [0.2, 0.25) is 0 Å². The van der Waals surface area contributed by atoms with Crippen molar-refractivity contribution in [1.82, 2.24) is 5.32 Å². The molecule has 0 saturated carbocycles. The van der Waals surface area contributed by atoms with Crippen LogP contribution in [0.2, 0.25) is 5.02 Å². The number of hydrogen-bond acceptors (Lipinski definition) is 4. The average Bonchev–Trinajstić information content (AvgIpc) is 3.47. The maximum absolute atomic E-state index is 13.3. The summed E-state index contributed by atoms with van der Waals surface area (Å²) in [5.41, 5.74) is 1.58. The zero-order valence-electron chi connectivity index (χ0n) is 18.1. The van der Waals surface area contributed by atoms with Crippen LogP contribution >= 0.6 is 23.8 Å². The van der Waals surface area contributed by atoms with Crippen LogP contribution in [0.5, 0.6) is 0 Å². The Morgan fingerprint density at radius 2 is 1.82 bits per heavy atom. The highest BCUT2D eigenvalue weighted by atomic mass is 35.5. The third-order valence-electron chi connectivity index (χ3n) is 5.53. The molecule has 1 saturated heterocycles. The van der Waals surface area contributed by atoms with Gasteiger partial charge in [-0.15, -0.1) is 0 Å². The zero-order valence-corrected chi connectivity index (χ0v) is 19.7. The number of benzene rings is 2. The average molecular weight is 508 g/mol. The van der Waals surface area contributed by atoms with Crippen LogP contribution in [0.25, 0.3) is 11.3 Å². The SMILES string of the molecule is Cc1ccc(-c2ccc(C(=O)NC(=S)Nc3cc(C(F)(F)F)ccc3N3CCCC3)o2)cc1Cl. The van der Waals surface area contributed by atoms with Gasteiger partial charge in [0.25, 0.3) is 5.91 Å². The van der Waals surface area contributed by atoms with Gasteiger partial charge in [0, 0.05) is 23.7 Å². The molecule has 1 fully saturated rings. The molecule has 0 radical (unpaired) electrons. The second-order valence-corrected chi connectivity index (χ2v) is 8.78. The van der Waals surface area contributed by atoms with Crippen molar-refractivity contribution in [2.45, 2.75) is 25.9 Å². The lowest BCUT2D eigenvalue weighted by Gasteiger charge is -2.23. The first-order valence-electron chi connectivity index (χ1n) is 10.6. The smallest absolute Gasteiger partial charge is 0.416 e. The van der Waals surface area contributed by atoms with Crippen LogP contribution in [0.4, 0.5) is 24.5 Å². The minimum absolute atomic E-state index is 0.000318. The topological polar surface area (TPSA) is 57.5 Å². The number of nitrogens with zero attached hydrogens (tertiary/aromatic N) is 1. The molecule has 0 spiro atoms. The Morgan fingerprint density at radius 1 is 1.09 bits per heavy atom. The Balaban J connectivity index is 1.49. The number of carbonyl (C=O) groups excluding carboxylic acids is 1. The van der Waals surface area contributed by atoms with E-state index >= 15 is 0 Å². The number of carbonyl (C=O) groups is 1. The molecule has 2 aromatic carbocycles. The van der Waals surface area contributed by atoms with Gasteiger partial charge >= 0.3 is 6.18 Å². The van der Waals surface area contributed by atoms with Gasteiger partial charge < -0.3 is 14.6 Å². The monoisotopic (exact) mass is 507 g/mol. The molecular formula is C24H21ClF3N3O2S. The van der Waals surface area contributed by atoms with Crippen LogP contribution < -0.4 is 15.5 Å². The molecule has 10 heteroatoms. The third-order valence-corrected chi connectivity index (χ3v) is 6.14. The highest BCUT2D eigenvalue weighted by molar-refractivity contribution is 7.80. The molecule has 2 heterocycles. The summed E-state index contributed by atoms with van der Waals surface area (Å²) in [6.45, 7) is 3.34. The molecule has 1 aromatic heterocycles. The van der Waals surface area contributed by atoms with Gasteiger partial charge in [-0.2, -0.15) is 13.2 Å². The standard InChI is InChI=1S/C24H21ClF3N3O2S/c1-14-4-5-15(12-17(14)25)20-8-9-21(33-20)22(32)30-23(34)29-18-13-16(24(26,27)28)6-7-19(18)31-10-2-3-11-31/h4-9,12-13H,2-3,10-11H2,1H3,(H2,29,30,32,34). The van der Waals surface area contributed by atoms with E-state index in [1.165, 1.54) is 12.1 Å². The predicted octanol–water partition coefficient (Wildman–Crippen LogP) is 6.65. The van der Waals surface area contributed by atoms with Crippen LogP contribution in [-0.4, -0.2) is 24.1 Å². The molecule has 0 atom stereocenters. The second-order valence-electron chi connectivity index (χ2n) is 7.96. The molecule has 34 heavy (non-hydrogen) atoms. The number of amides is 1. The Labute approximate surface area is 204 Å². The summed E-state index contributed by atoms with van der Waals surface area (Å²) < 4.78 is 45.4. The Kier molecular flexibility index (Phi) is 6.86. The first-order chi connectivity index (χ1) is 16.1. The summed E-state index contributed by atoms with van der Waals surface area (Å²) in [5, 5.41) is 5.65. The normalized spacial score (nSPS) is 13.7. The molecular weight excluding hydrogens is 487 g/mol. The Hall–Kier alpha value is -3.04. The van der Waals surface area contributed by atoms with Gasteiger partial charge in [-0.1, -0.05) is 23.7 Å². The van der Waals surface area contributed by atoms with Gasteiger partial charge in [0.05, 0.1) is 16.9 Å². The van der Waals surface area contributed by atoms with Gasteiger partial charge in [-0.25, -0.2) is 0 Å². The molecule has 3 aromatic rings. The number of halogens is 4. The molecule has 0 unspecified atom stereocenters. The fourth-order valence-corrected chi connectivity index (χ4v) is 4.11. The van der Waals surface area contributed by atoms with E-state index in [2.05, 4.69) is 10.6 Å². The first kappa shape index (κ1) is 24.1. The van der Waals surface area contributed by atoms with Crippen LogP contribution in [-0.2, 0) is 6.18 Å². The molecule has 1 amide bonds. The fraction of sp³-hybridized carbons (Fsp3) is 0.250. The predicted molar refractivity (Wildman–Crippen MR) is 130 cm³/mol. The van der Waals surface area contributed by atoms with E-state index in [-0.39, 0.29) is 16.6 Å². The third kappa shape index (κ3) is 5.37. The van der Waals surface area contributed by atoms with E-state index in [1.54, 1.807) is 12.1 Å². The van der Waals surface area contributed by atoms with Gasteiger partial charge in [-0.3, -0.25) is 10.1 Å². The minimum atomic E-state index is -4.51. The summed E-state index contributed by atoms with van der Waals surface area (Å²) in [6.07, 6.45) is -2.60. The van der Waals surface area contributed by atoms with Crippen molar-refractivity contribution >= 4 is 46.2 Å². The summed E-state index contributed by atoms with van der Waals surface area (Å²) in [7, 11) is 0. The van der Waals surface area contributed by atoms with Crippen molar-refractivity contribution in [2.75, 3.05) is 23.3 Å². The molecule has 1 aliphatic rings. The summed E-state index contributed by atoms with van der Waals surface area (Å²) >= 11 is 11.4. The quantitative estimate of drug-likeness (QED) is 0.387. The number of hydrogen-bond donors (Lipinski definition) is 2. The molecule has 0 bridgehead atoms. The van der Waals surface area contributed by atoms with Crippen LogP contribution in [0.15, 0.2) is 52.9 Å². The van der Waals surface area contributed by atoms with E-state index in [9.17, 15) is 18.0 Å². The lowest BCUT2D eigenvalue weighted by atomic mass is 10.1. The van der Waals surface area contributed by atoms with Crippen molar-refractivity contribution < 1.29 is 22.4 Å². The fourth-order valence-electron chi connectivity index (χ4n) is 3.73. The molecule has 4 rings (SSSR count). The van der Waals surface area contributed by atoms with E-state index in [0.29, 0.717) is 22.0 Å². The Bertz CT molecular complexity index is 1240. The summed E-state index contributed by atoms with van der Waals surface area (Å²) in [5.74, 6) is -0.184. The van der Waals surface area contributed by atoms with Crippen LogP contribution in [0, 0.1) is 6.92 Å². The zero-order chi connectivity index (χ0) is 24.5. The Morgan fingerprint density at radius 3 is 2.50 bits per heavy atom. The number of alkyl halides is 3. The van der Waals surface area contributed by atoms with Crippen molar-refractivity contribution in [3.05, 3.63) is 70.4 Å². The molecule has 178 valence electrons. The molecule has 0 aliphatic carbocycles. The van der Waals surface area contributed by atoms with E-state index < -0.39 is 17.6 Å². The number of nitrogens with one attached hydrogen (secondary N) is 2. The molecule has 1 aliphatic heterocycles. The lowest BCUT2D eigenvalue weighted by Crippen LogP contribution is -2.34. The van der Waals surface area contributed by atoms with Crippen molar-refractivity contribution in [2.24, 2.45) is 0 Å². The van der Waals surface area contributed by atoms with Gasteiger partial charge in [0.1, 0.15) is 5.76 Å². The van der Waals surface area contributed by atoms with Crippen molar-refractivity contribution in [3.63, 3.8) is 0 Å². The number of furan rings is 1. The maximum Gasteiger partial charge on any atom is 0.416 e. The molecule has 5 nitrogen and oxygen atoms in total. The summed E-state index contributed by atoms with van der Waals surface area (Å²) in [6, 6.07) is 12.0. The lowest BCUT2D eigenvalue weighted by molar-refractivity contribution is -0.137. The first-order valence-corrected chi connectivity index (χ1v) is 11.4. The maximum atomic E-state index is 13.3. The summed E-state index contributed by atoms with van der Waals surface area (Å²) in [4.78, 5) is 14.6. The van der Waals surface area contributed by atoms with Crippen molar-refractivity contribution in [3.8, 4) is 11.3 Å². The van der Waals surface area contributed by atoms with Crippen molar-refractivity contribution in [1.29, 1.82) is 0 Å². The van der Waals surface area contributed by atoms with Gasteiger partial charge in [-0.05, 0) is 73.9 Å². The van der Waals surface area contributed by atoms with E-state index in [0.717, 1.165) is 43.6 Å². The number of anilines is 2. The number of rotatable bonds is 4. The van der Waals surface area contributed by atoms with Crippen LogP contribution in [0.3, 0.4) is 0 Å². The molecule has 2 N–H and O–H groups in total. The second kappa shape index (κ2) is 9.68. The number of aryl methyl sites for hydroxylation is 1. The highest BCUT2D eigenvalue weighted by Crippen LogP contribution is 2.36.